The summed E-state index contributed by atoms with van der Waals surface area (Å²) < 4.78 is 29.6. The molecule has 31 heavy (non-hydrogen) atoms. The summed E-state index contributed by atoms with van der Waals surface area (Å²) in [6.07, 6.45) is 1.39. The quantitative estimate of drug-likeness (QED) is 0.378. The van der Waals surface area contributed by atoms with Crippen LogP contribution >= 0.6 is 0 Å². The van der Waals surface area contributed by atoms with Crippen molar-refractivity contribution in [2.75, 3.05) is 19.1 Å². The number of ether oxygens (including phenoxy) is 2. The molecule has 8 heteroatoms. The molecule has 2 heterocycles. The van der Waals surface area contributed by atoms with Gasteiger partial charge in [0.1, 0.15) is 40.4 Å². The van der Waals surface area contributed by atoms with Crippen molar-refractivity contribution < 1.29 is 33.0 Å². The molecule has 1 amide bonds. The lowest BCUT2D eigenvalue weighted by Gasteiger charge is -2.23. The van der Waals surface area contributed by atoms with Crippen LogP contribution in [-0.4, -0.2) is 31.0 Å². The van der Waals surface area contributed by atoms with Gasteiger partial charge in [0.15, 0.2) is 0 Å². The van der Waals surface area contributed by atoms with Crippen LogP contribution in [0, 0.1) is 5.82 Å². The number of carbonyl (C=O) groups is 2. The molecule has 4 rings (SSSR count). The topological polar surface area (TPSA) is 89.2 Å². The Kier molecular flexibility index (Phi) is 5.21. The molecule has 158 valence electrons. The number of carbonyl (C=O) groups excluding carboxylic acids is 2. The predicted octanol–water partition coefficient (Wildman–Crippen LogP) is 4.06. The highest BCUT2D eigenvalue weighted by Crippen LogP contribution is 2.45. The number of amides is 1. The van der Waals surface area contributed by atoms with Crippen molar-refractivity contribution in [3.8, 4) is 11.5 Å². The normalized spacial score (nSPS) is 17.8. The van der Waals surface area contributed by atoms with Gasteiger partial charge in [0.2, 0.25) is 0 Å². The van der Waals surface area contributed by atoms with E-state index in [0.29, 0.717) is 0 Å². The summed E-state index contributed by atoms with van der Waals surface area (Å²) in [5.74, 6) is -2.02. The number of anilines is 1. The largest absolute Gasteiger partial charge is 0.506 e. The average molecular weight is 423 g/mol. The fourth-order valence-electron chi connectivity index (χ4n) is 3.64. The zero-order valence-corrected chi connectivity index (χ0v) is 16.7. The van der Waals surface area contributed by atoms with E-state index in [1.165, 1.54) is 44.7 Å². The van der Waals surface area contributed by atoms with Gasteiger partial charge in [-0.3, -0.25) is 14.5 Å². The molecule has 0 aliphatic carbocycles. The van der Waals surface area contributed by atoms with Crippen LogP contribution in [0.25, 0.3) is 5.76 Å². The number of Topliss-reactive ketones (excluding diaryl/α,β-unsaturated/α-hetero) is 1. The second-order valence-corrected chi connectivity index (χ2v) is 6.70. The van der Waals surface area contributed by atoms with E-state index in [0.717, 1.165) is 4.90 Å². The number of nitrogens with zero attached hydrogens (tertiary/aromatic N) is 1. The molecule has 0 spiro atoms. The van der Waals surface area contributed by atoms with Crippen molar-refractivity contribution in [1.82, 2.24) is 0 Å². The monoisotopic (exact) mass is 423 g/mol. The Bertz CT molecular complexity index is 1150. The molecule has 1 atom stereocenters. The van der Waals surface area contributed by atoms with Gasteiger partial charge in [0, 0.05) is 5.69 Å². The minimum absolute atomic E-state index is 0.126. The Hall–Kier alpha value is -4.07. The molecule has 3 aromatic rings. The third kappa shape index (κ3) is 3.31. The van der Waals surface area contributed by atoms with Gasteiger partial charge < -0.3 is 19.0 Å². The number of aliphatic hydroxyl groups is 1. The molecule has 0 bridgehead atoms. The van der Waals surface area contributed by atoms with Gasteiger partial charge in [-0.1, -0.05) is 6.07 Å². The van der Waals surface area contributed by atoms with Crippen LogP contribution in [0.3, 0.4) is 0 Å². The average Bonchev–Trinajstić information content (AvgIpc) is 3.40. The molecule has 1 N–H and O–H groups in total. The molecule has 1 aliphatic heterocycles. The maximum atomic E-state index is 13.4. The zero-order valence-electron chi connectivity index (χ0n) is 16.7. The molecule has 1 saturated heterocycles. The number of ketones is 1. The van der Waals surface area contributed by atoms with Gasteiger partial charge in [-0.05, 0) is 48.5 Å². The summed E-state index contributed by atoms with van der Waals surface area (Å²) in [6, 6.07) is 12.1. The van der Waals surface area contributed by atoms with E-state index in [4.69, 9.17) is 13.9 Å². The van der Waals surface area contributed by atoms with E-state index in [9.17, 15) is 19.1 Å². The van der Waals surface area contributed by atoms with Gasteiger partial charge in [0.25, 0.3) is 11.7 Å². The van der Waals surface area contributed by atoms with E-state index in [2.05, 4.69) is 0 Å². The lowest BCUT2D eigenvalue weighted by Crippen LogP contribution is -2.29. The zero-order chi connectivity index (χ0) is 22.1. The molecule has 1 fully saturated rings. The molecule has 1 aliphatic rings. The third-order valence-corrected chi connectivity index (χ3v) is 5.03. The summed E-state index contributed by atoms with van der Waals surface area (Å²) in [4.78, 5) is 27.2. The fraction of sp³-hybridized carbons (Fsp3) is 0.130. The van der Waals surface area contributed by atoms with E-state index >= 15 is 0 Å². The van der Waals surface area contributed by atoms with Crippen LogP contribution in [0.4, 0.5) is 10.1 Å². The Morgan fingerprint density at radius 2 is 1.65 bits per heavy atom. The SMILES string of the molecule is COc1cccc(OC)c1/C(O)=C1\C(=O)C(=O)N(c2ccc(F)cc2)C1c1ccco1. The maximum absolute atomic E-state index is 13.4. The van der Waals surface area contributed by atoms with Gasteiger partial charge in [-0.2, -0.15) is 0 Å². The Morgan fingerprint density at radius 3 is 2.19 bits per heavy atom. The maximum Gasteiger partial charge on any atom is 0.300 e. The second kappa shape index (κ2) is 7.98. The van der Waals surface area contributed by atoms with Gasteiger partial charge in [-0.25, -0.2) is 4.39 Å². The number of aliphatic hydroxyl groups excluding tert-OH is 1. The van der Waals surface area contributed by atoms with Crippen LogP contribution in [-0.2, 0) is 9.59 Å². The Morgan fingerprint density at radius 1 is 1.00 bits per heavy atom. The van der Waals surface area contributed by atoms with E-state index in [-0.39, 0.29) is 34.1 Å². The summed E-state index contributed by atoms with van der Waals surface area (Å²) in [5.41, 5.74) is 0.198. The number of methoxy groups -OCH3 is 2. The number of halogens is 1. The van der Waals surface area contributed by atoms with Crippen LogP contribution < -0.4 is 14.4 Å². The lowest BCUT2D eigenvalue weighted by atomic mass is 9.98. The molecule has 0 radical (unpaired) electrons. The van der Waals surface area contributed by atoms with Crippen LogP contribution in [0.1, 0.15) is 17.4 Å². The van der Waals surface area contributed by atoms with E-state index in [1.807, 2.05) is 0 Å². The number of benzene rings is 2. The number of hydrogen-bond acceptors (Lipinski definition) is 6. The number of furan rings is 1. The minimum atomic E-state index is -1.07. The van der Waals surface area contributed by atoms with Crippen molar-refractivity contribution in [3.05, 3.63) is 83.6 Å². The summed E-state index contributed by atoms with van der Waals surface area (Å²) in [7, 11) is 2.82. The molecule has 2 aromatic carbocycles. The summed E-state index contributed by atoms with van der Waals surface area (Å²) >= 11 is 0. The Balaban J connectivity index is 1.98. The molecule has 1 aromatic heterocycles. The lowest BCUT2D eigenvalue weighted by molar-refractivity contribution is -0.132. The van der Waals surface area contributed by atoms with Crippen LogP contribution in [0.2, 0.25) is 0 Å². The van der Waals surface area contributed by atoms with Crippen LogP contribution in [0.5, 0.6) is 11.5 Å². The predicted molar refractivity (Wildman–Crippen MR) is 109 cm³/mol. The van der Waals surface area contributed by atoms with Crippen molar-refractivity contribution in [3.63, 3.8) is 0 Å². The Labute approximate surface area is 176 Å². The van der Waals surface area contributed by atoms with Crippen molar-refractivity contribution in [2.24, 2.45) is 0 Å². The first-order valence-electron chi connectivity index (χ1n) is 9.29. The summed E-state index contributed by atoms with van der Waals surface area (Å²) in [5, 5.41) is 11.2. The van der Waals surface area contributed by atoms with Gasteiger partial charge in [0.05, 0.1) is 26.1 Å². The third-order valence-electron chi connectivity index (χ3n) is 5.03. The van der Waals surface area contributed by atoms with E-state index < -0.39 is 29.3 Å². The fourth-order valence-corrected chi connectivity index (χ4v) is 3.64. The van der Waals surface area contributed by atoms with Crippen molar-refractivity contribution in [1.29, 1.82) is 0 Å². The highest BCUT2D eigenvalue weighted by atomic mass is 19.1. The molecular formula is C23H18FNO6. The van der Waals surface area contributed by atoms with E-state index in [1.54, 1.807) is 30.3 Å². The number of rotatable bonds is 5. The molecule has 0 saturated carbocycles. The first-order chi connectivity index (χ1) is 15.0. The van der Waals surface area contributed by atoms with Crippen molar-refractivity contribution >= 4 is 23.1 Å². The first kappa shape index (κ1) is 20.2. The summed E-state index contributed by atoms with van der Waals surface area (Å²) in [6.45, 7) is 0. The standard InChI is InChI=1S/C23H18FNO6/c1-29-15-5-3-6-16(30-2)18(15)21(26)19-20(17-7-4-12-31-17)25(23(28)22(19)27)14-10-8-13(24)9-11-14/h3-12,20,26H,1-2H3/b21-19+. The minimum Gasteiger partial charge on any atom is -0.506 e. The highest BCUT2D eigenvalue weighted by Gasteiger charge is 2.48. The van der Waals surface area contributed by atoms with Gasteiger partial charge in [-0.15, -0.1) is 0 Å². The smallest absolute Gasteiger partial charge is 0.300 e. The number of hydrogen-bond donors (Lipinski definition) is 1. The van der Waals surface area contributed by atoms with Crippen molar-refractivity contribution in [2.45, 2.75) is 6.04 Å². The highest BCUT2D eigenvalue weighted by molar-refractivity contribution is 6.51. The molecule has 7 nitrogen and oxygen atoms in total. The van der Waals surface area contributed by atoms with Gasteiger partial charge >= 0.3 is 0 Å². The molecule has 1 unspecified atom stereocenters. The first-order valence-corrected chi connectivity index (χ1v) is 9.29. The molecular weight excluding hydrogens is 405 g/mol. The van der Waals surface area contributed by atoms with Crippen LogP contribution in [0.15, 0.2) is 70.9 Å². The second-order valence-electron chi connectivity index (χ2n) is 6.70.